The molecule has 0 saturated carbocycles. The second kappa shape index (κ2) is 8.05. The van der Waals surface area contributed by atoms with Crippen LogP contribution in [0.4, 0.5) is 5.69 Å². The molecule has 1 heterocycles. The lowest BCUT2D eigenvalue weighted by Crippen LogP contribution is -2.43. The summed E-state index contributed by atoms with van der Waals surface area (Å²) < 4.78 is 29.8. The Morgan fingerprint density at radius 3 is 2.38 bits per heavy atom. The van der Waals surface area contributed by atoms with Gasteiger partial charge in [-0.1, -0.05) is 54.1 Å². The van der Waals surface area contributed by atoms with Gasteiger partial charge in [0, 0.05) is 21.5 Å². The molecule has 7 heteroatoms. The van der Waals surface area contributed by atoms with E-state index in [0.717, 1.165) is 10.8 Å². The third-order valence-corrected chi connectivity index (χ3v) is 7.14. The van der Waals surface area contributed by atoms with Crippen LogP contribution >= 0.6 is 11.6 Å². The minimum absolute atomic E-state index is 0.0302. The summed E-state index contributed by atoms with van der Waals surface area (Å²) >= 11 is 6.25. The molecule has 3 aromatic rings. The fourth-order valence-electron chi connectivity index (χ4n) is 3.70. The number of benzene rings is 3. The van der Waals surface area contributed by atoms with Crippen molar-refractivity contribution in [3.63, 3.8) is 0 Å². The molecule has 1 fully saturated rings. The number of halogens is 1. The monoisotopic (exact) mass is 429 g/mol. The molecule has 1 amide bonds. The third kappa shape index (κ3) is 4.23. The molecule has 5 nitrogen and oxygen atoms in total. The number of fused-ring (bicyclic) bond motifs is 1. The Morgan fingerprint density at radius 2 is 1.69 bits per heavy atom. The smallest absolute Gasteiger partial charge is 0.265 e. The van der Waals surface area contributed by atoms with E-state index in [1.54, 1.807) is 29.2 Å². The maximum absolute atomic E-state index is 13.1. The fourth-order valence-corrected chi connectivity index (χ4v) is 5.62. The summed E-state index contributed by atoms with van der Waals surface area (Å²) in [6.07, 6.45) is 0.423. The van der Waals surface area contributed by atoms with E-state index >= 15 is 0 Å². The Hall–Kier alpha value is -2.57. The maximum Gasteiger partial charge on any atom is 0.265 e. The predicted octanol–water partition coefficient (Wildman–Crippen LogP) is 4.09. The minimum Gasteiger partial charge on any atom is -0.483 e. The Labute approximate surface area is 174 Å². The first-order valence-corrected chi connectivity index (χ1v) is 11.5. The molecule has 1 aliphatic rings. The molecule has 0 radical (unpaired) electrons. The first-order valence-electron chi connectivity index (χ1n) is 9.32. The molecule has 4 rings (SSSR count). The summed E-state index contributed by atoms with van der Waals surface area (Å²) in [5.41, 5.74) is 0.671. The van der Waals surface area contributed by atoms with E-state index in [4.69, 9.17) is 16.3 Å². The molecule has 0 bridgehead atoms. The number of hydrogen-bond donors (Lipinski definition) is 0. The summed E-state index contributed by atoms with van der Waals surface area (Å²) in [6, 6.07) is 19.8. The number of anilines is 1. The molecule has 150 valence electrons. The average Bonchev–Trinajstić information content (AvgIpc) is 3.08. The number of hydrogen-bond acceptors (Lipinski definition) is 4. The first kappa shape index (κ1) is 19.7. The SMILES string of the molecule is O=C(COc1ccc(Cl)c2ccccc12)N(c1ccccc1)C1CCS(=O)(=O)C1. The number of sulfone groups is 1. The van der Waals surface area contributed by atoms with Crippen LogP contribution in [0.2, 0.25) is 5.02 Å². The number of rotatable bonds is 5. The lowest BCUT2D eigenvalue weighted by atomic mass is 10.1. The van der Waals surface area contributed by atoms with Crippen LogP contribution in [0.15, 0.2) is 66.7 Å². The van der Waals surface area contributed by atoms with Crippen LogP contribution in [-0.4, -0.2) is 38.5 Å². The number of carbonyl (C=O) groups excluding carboxylic acids is 1. The van der Waals surface area contributed by atoms with Crippen molar-refractivity contribution in [1.29, 1.82) is 0 Å². The van der Waals surface area contributed by atoms with Crippen LogP contribution in [0.3, 0.4) is 0 Å². The largest absolute Gasteiger partial charge is 0.483 e. The summed E-state index contributed by atoms with van der Waals surface area (Å²) in [7, 11) is -3.13. The van der Waals surface area contributed by atoms with Crippen molar-refractivity contribution in [3.05, 3.63) is 71.8 Å². The van der Waals surface area contributed by atoms with E-state index in [-0.39, 0.29) is 30.1 Å². The molecule has 29 heavy (non-hydrogen) atoms. The average molecular weight is 430 g/mol. The molecule has 3 aromatic carbocycles. The van der Waals surface area contributed by atoms with Crippen molar-refractivity contribution in [3.8, 4) is 5.75 Å². The fraction of sp³-hybridized carbons (Fsp3) is 0.227. The molecule has 1 unspecified atom stereocenters. The molecule has 0 spiro atoms. The van der Waals surface area contributed by atoms with Crippen LogP contribution in [0.25, 0.3) is 10.8 Å². The van der Waals surface area contributed by atoms with Crippen molar-refractivity contribution in [2.24, 2.45) is 0 Å². The van der Waals surface area contributed by atoms with Crippen LogP contribution in [0, 0.1) is 0 Å². The number of carbonyl (C=O) groups is 1. The van der Waals surface area contributed by atoms with Gasteiger partial charge in [0.25, 0.3) is 5.91 Å². The quantitative estimate of drug-likeness (QED) is 0.612. The standard InChI is InChI=1S/C22H20ClNO4S/c23-20-10-11-21(19-9-5-4-8-18(19)20)28-14-22(25)24(16-6-2-1-3-7-16)17-12-13-29(26,27)15-17/h1-11,17H,12-15H2. The van der Waals surface area contributed by atoms with E-state index in [1.165, 1.54) is 0 Å². The van der Waals surface area contributed by atoms with Crippen molar-refractivity contribution < 1.29 is 17.9 Å². The maximum atomic E-state index is 13.1. The van der Waals surface area contributed by atoms with Gasteiger partial charge in [-0.2, -0.15) is 0 Å². The second-order valence-electron chi connectivity index (χ2n) is 7.04. The van der Waals surface area contributed by atoms with Gasteiger partial charge in [0.2, 0.25) is 0 Å². The zero-order valence-electron chi connectivity index (χ0n) is 15.6. The summed E-state index contributed by atoms with van der Waals surface area (Å²) in [6.45, 7) is -0.197. The van der Waals surface area contributed by atoms with Gasteiger partial charge >= 0.3 is 0 Å². The summed E-state index contributed by atoms with van der Waals surface area (Å²) in [5, 5.41) is 2.28. The number of para-hydroxylation sites is 1. The van der Waals surface area contributed by atoms with Crippen LogP contribution in [0.1, 0.15) is 6.42 Å². The highest BCUT2D eigenvalue weighted by Gasteiger charge is 2.35. The molecular weight excluding hydrogens is 410 g/mol. The zero-order valence-corrected chi connectivity index (χ0v) is 17.2. The van der Waals surface area contributed by atoms with E-state index in [2.05, 4.69) is 0 Å². The van der Waals surface area contributed by atoms with E-state index in [1.807, 2.05) is 42.5 Å². The highest BCUT2D eigenvalue weighted by atomic mass is 35.5. The Kier molecular flexibility index (Phi) is 5.48. The highest BCUT2D eigenvalue weighted by Crippen LogP contribution is 2.31. The topological polar surface area (TPSA) is 63.7 Å². The van der Waals surface area contributed by atoms with Crippen molar-refractivity contribution in [2.75, 3.05) is 23.0 Å². The second-order valence-corrected chi connectivity index (χ2v) is 9.67. The van der Waals surface area contributed by atoms with Crippen molar-refractivity contribution in [1.82, 2.24) is 0 Å². The van der Waals surface area contributed by atoms with E-state index in [9.17, 15) is 13.2 Å². The summed E-state index contributed by atoms with van der Waals surface area (Å²) in [5.74, 6) is 0.344. The van der Waals surface area contributed by atoms with Gasteiger partial charge in [-0.3, -0.25) is 4.79 Å². The van der Waals surface area contributed by atoms with Crippen LogP contribution in [-0.2, 0) is 14.6 Å². The number of nitrogens with zero attached hydrogens (tertiary/aromatic N) is 1. The van der Waals surface area contributed by atoms with E-state index in [0.29, 0.717) is 22.9 Å². The Bertz CT molecular complexity index is 1150. The first-order chi connectivity index (χ1) is 13.9. The van der Waals surface area contributed by atoms with Gasteiger partial charge in [0.1, 0.15) is 5.75 Å². The van der Waals surface area contributed by atoms with Crippen LogP contribution in [0.5, 0.6) is 5.75 Å². The minimum atomic E-state index is -3.13. The van der Waals surface area contributed by atoms with Crippen LogP contribution < -0.4 is 9.64 Å². The van der Waals surface area contributed by atoms with E-state index < -0.39 is 9.84 Å². The third-order valence-electron chi connectivity index (χ3n) is 5.06. The molecule has 0 aromatic heterocycles. The Morgan fingerprint density at radius 1 is 1.00 bits per heavy atom. The number of ether oxygens (including phenoxy) is 1. The lowest BCUT2D eigenvalue weighted by molar-refractivity contribution is -0.120. The Balaban J connectivity index is 1.59. The normalized spacial score (nSPS) is 17.9. The predicted molar refractivity (Wildman–Crippen MR) is 115 cm³/mol. The van der Waals surface area contributed by atoms with Gasteiger partial charge in [-0.15, -0.1) is 0 Å². The molecule has 1 atom stereocenters. The van der Waals surface area contributed by atoms with Gasteiger partial charge < -0.3 is 9.64 Å². The van der Waals surface area contributed by atoms with Crippen molar-refractivity contribution in [2.45, 2.75) is 12.5 Å². The number of amides is 1. The molecular formula is C22H20ClNO4S. The molecule has 1 aliphatic heterocycles. The van der Waals surface area contributed by atoms with Crippen molar-refractivity contribution >= 4 is 43.8 Å². The highest BCUT2D eigenvalue weighted by molar-refractivity contribution is 7.91. The summed E-state index contributed by atoms with van der Waals surface area (Å²) in [4.78, 5) is 14.7. The van der Waals surface area contributed by atoms with Gasteiger partial charge in [-0.05, 0) is 30.7 Å². The van der Waals surface area contributed by atoms with Gasteiger partial charge in [-0.25, -0.2) is 8.42 Å². The lowest BCUT2D eigenvalue weighted by Gasteiger charge is -2.28. The zero-order chi connectivity index (χ0) is 20.4. The molecule has 1 saturated heterocycles. The molecule has 0 N–H and O–H groups in total. The molecule has 0 aliphatic carbocycles. The van der Waals surface area contributed by atoms with Gasteiger partial charge in [0.15, 0.2) is 16.4 Å². The van der Waals surface area contributed by atoms with Gasteiger partial charge in [0.05, 0.1) is 17.5 Å².